The minimum absolute atomic E-state index is 0.0199. The highest BCUT2D eigenvalue weighted by Crippen LogP contribution is 2.17. The molecule has 0 heterocycles. The summed E-state index contributed by atoms with van der Waals surface area (Å²) in [6.07, 6.45) is 1.97. The van der Waals surface area contributed by atoms with E-state index in [-0.39, 0.29) is 10.1 Å². The highest BCUT2D eigenvalue weighted by Gasteiger charge is 2.16. The van der Waals surface area contributed by atoms with Crippen molar-refractivity contribution in [1.82, 2.24) is 5.32 Å². The fourth-order valence-corrected chi connectivity index (χ4v) is 3.72. The van der Waals surface area contributed by atoms with Gasteiger partial charge in [-0.25, -0.2) is 8.42 Å². The molecule has 0 radical (unpaired) electrons. The fourth-order valence-electron chi connectivity index (χ4n) is 1.76. The van der Waals surface area contributed by atoms with Gasteiger partial charge >= 0.3 is 0 Å². The first-order valence-corrected chi connectivity index (χ1v) is 9.24. The highest BCUT2D eigenvalue weighted by atomic mass is 32.2. The minimum Gasteiger partial charge on any atom is -0.317 e. The molecule has 1 rings (SSSR count). The van der Waals surface area contributed by atoms with Crippen molar-refractivity contribution in [3.05, 3.63) is 24.3 Å². The molecule has 19 heavy (non-hydrogen) atoms. The standard InChI is InChI=1S/C13H21NO3S2/c1-10(14-3)9-11(2)18(15)12-5-7-13(8-6-12)19(4,16)17/h5-8,10-11,14H,9H2,1-4H3. The summed E-state index contributed by atoms with van der Waals surface area (Å²) < 4.78 is 35.0. The molecule has 0 amide bonds. The molecule has 0 spiro atoms. The van der Waals surface area contributed by atoms with Crippen LogP contribution in [0.25, 0.3) is 0 Å². The zero-order valence-corrected chi connectivity index (χ0v) is 13.3. The van der Waals surface area contributed by atoms with Crippen LogP contribution in [-0.4, -0.2) is 37.2 Å². The number of benzene rings is 1. The largest absolute Gasteiger partial charge is 0.317 e. The normalized spacial score (nSPS) is 16.8. The Morgan fingerprint density at radius 2 is 1.74 bits per heavy atom. The van der Waals surface area contributed by atoms with Gasteiger partial charge in [0.15, 0.2) is 9.84 Å². The van der Waals surface area contributed by atoms with Crippen molar-refractivity contribution in [2.24, 2.45) is 0 Å². The maximum Gasteiger partial charge on any atom is 0.175 e. The van der Waals surface area contributed by atoms with E-state index in [1.54, 1.807) is 12.1 Å². The fraction of sp³-hybridized carbons (Fsp3) is 0.538. The number of sulfone groups is 1. The van der Waals surface area contributed by atoms with E-state index < -0.39 is 20.6 Å². The topological polar surface area (TPSA) is 63.2 Å². The highest BCUT2D eigenvalue weighted by molar-refractivity contribution is 7.90. The first-order valence-electron chi connectivity index (χ1n) is 6.13. The molecule has 1 N–H and O–H groups in total. The van der Waals surface area contributed by atoms with Crippen LogP contribution < -0.4 is 5.32 Å². The average molecular weight is 303 g/mol. The smallest absolute Gasteiger partial charge is 0.175 e. The van der Waals surface area contributed by atoms with Crippen LogP contribution in [0.5, 0.6) is 0 Å². The molecule has 0 aliphatic rings. The molecule has 0 saturated carbocycles. The molecule has 0 aliphatic carbocycles. The van der Waals surface area contributed by atoms with E-state index in [0.29, 0.717) is 10.9 Å². The summed E-state index contributed by atoms with van der Waals surface area (Å²) in [6.45, 7) is 3.98. The third kappa shape index (κ3) is 4.71. The van der Waals surface area contributed by atoms with Gasteiger partial charge in [-0.3, -0.25) is 4.21 Å². The molecule has 0 aliphatic heterocycles. The van der Waals surface area contributed by atoms with Gasteiger partial charge in [0.2, 0.25) is 0 Å². The van der Waals surface area contributed by atoms with Gasteiger partial charge < -0.3 is 5.32 Å². The summed E-state index contributed by atoms with van der Waals surface area (Å²) >= 11 is 0. The quantitative estimate of drug-likeness (QED) is 0.867. The van der Waals surface area contributed by atoms with Crippen LogP contribution in [0.3, 0.4) is 0 Å². The van der Waals surface area contributed by atoms with Crippen LogP contribution >= 0.6 is 0 Å². The van der Waals surface area contributed by atoms with Gasteiger partial charge in [0.1, 0.15) is 0 Å². The molecular weight excluding hydrogens is 282 g/mol. The average Bonchev–Trinajstić information content (AvgIpc) is 2.36. The lowest BCUT2D eigenvalue weighted by atomic mass is 10.2. The number of hydrogen-bond donors (Lipinski definition) is 1. The Bertz CT molecular complexity index is 538. The molecule has 0 aromatic heterocycles. The Hall–Kier alpha value is -0.720. The van der Waals surface area contributed by atoms with E-state index >= 15 is 0 Å². The zero-order chi connectivity index (χ0) is 14.6. The molecule has 1 aromatic carbocycles. The van der Waals surface area contributed by atoms with Gasteiger partial charge in [0, 0.05) is 22.4 Å². The first-order chi connectivity index (χ1) is 8.75. The summed E-state index contributed by atoms with van der Waals surface area (Å²) in [5.41, 5.74) is 0. The van der Waals surface area contributed by atoms with Crippen LogP contribution in [0.15, 0.2) is 34.1 Å². The number of nitrogens with one attached hydrogen (secondary N) is 1. The van der Waals surface area contributed by atoms with Gasteiger partial charge in [-0.05, 0) is 44.7 Å². The SMILES string of the molecule is CNC(C)CC(C)S(=O)c1ccc(S(C)(=O)=O)cc1. The number of hydrogen-bond acceptors (Lipinski definition) is 4. The van der Waals surface area contributed by atoms with E-state index in [2.05, 4.69) is 5.32 Å². The van der Waals surface area contributed by atoms with Gasteiger partial charge in [0.05, 0.1) is 15.7 Å². The maximum atomic E-state index is 12.3. The van der Waals surface area contributed by atoms with E-state index in [1.165, 1.54) is 12.1 Å². The third-order valence-corrected chi connectivity index (χ3v) is 5.82. The first kappa shape index (κ1) is 16.3. The summed E-state index contributed by atoms with van der Waals surface area (Å²) in [5, 5.41) is 3.14. The van der Waals surface area contributed by atoms with E-state index in [9.17, 15) is 12.6 Å². The van der Waals surface area contributed by atoms with Crippen molar-refractivity contribution in [3.8, 4) is 0 Å². The predicted molar refractivity (Wildman–Crippen MR) is 78.6 cm³/mol. The van der Waals surface area contributed by atoms with Crippen molar-refractivity contribution in [2.45, 2.75) is 41.4 Å². The molecule has 108 valence electrons. The van der Waals surface area contributed by atoms with Crippen LogP contribution in [-0.2, 0) is 20.6 Å². The molecule has 0 fully saturated rings. The third-order valence-electron chi connectivity index (χ3n) is 3.03. The van der Waals surface area contributed by atoms with Crippen molar-refractivity contribution in [3.63, 3.8) is 0 Å². The van der Waals surface area contributed by atoms with Gasteiger partial charge in [-0.2, -0.15) is 0 Å². The molecule has 4 nitrogen and oxygen atoms in total. The lowest BCUT2D eigenvalue weighted by Crippen LogP contribution is -2.27. The Labute approximate surface area is 118 Å². The molecular formula is C13H21NO3S2. The van der Waals surface area contributed by atoms with Crippen molar-refractivity contribution in [1.29, 1.82) is 0 Å². The summed E-state index contributed by atoms with van der Waals surface area (Å²) in [4.78, 5) is 0.924. The lowest BCUT2D eigenvalue weighted by Gasteiger charge is -2.16. The van der Waals surface area contributed by atoms with Crippen LogP contribution in [0.4, 0.5) is 0 Å². The monoisotopic (exact) mass is 303 g/mol. The van der Waals surface area contributed by atoms with Crippen LogP contribution in [0.2, 0.25) is 0 Å². The zero-order valence-electron chi connectivity index (χ0n) is 11.7. The second-order valence-corrected chi connectivity index (χ2v) is 8.66. The molecule has 0 saturated heterocycles. The summed E-state index contributed by atoms with van der Waals surface area (Å²) in [6, 6.07) is 6.59. The Morgan fingerprint density at radius 1 is 1.21 bits per heavy atom. The maximum absolute atomic E-state index is 12.3. The van der Waals surface area contributed by atoms with Gasteiger partial charge in [-0.15, -0.1) is 0 Å². The molecule has 0 bridgehead atoms. The van der Waals surface area contributed by atoms with E-state index in [0.717, 1.165) is 12.7 Å². The summed E-state index contributed by atoms with van der Waals surface area (Å²) in [7, 11) is -2.44. The second-order valence-electron chi connectivity index (χ2n) is 4.78. The minimum atomic E-state index is -3.20. The lowest BCUT2D eigenvalue weighted by molar-refractivity contribution is 0.554. The van der Waals surface area contributed by atoms with E-state index in [4.69, 9.17) is 0 Å². The Balaban J connectivity index is 2.84. The van der Waals surface area contributed by atoms with Crippen LogP contribution in [0.1, 0.15) is 20.3 Å². The van der Waals surface area contributed by atoms with E-state index in [1.807, 2.05) is 20.9 Å². The second kappa shape index (κ2) is 6.63. The van der Waals surface area contributed by atoms with Gasteiger partial charge in [-0.1, -0.05) is 6.92 Å². The Kier molecular flexibility index (Phi) is 5.70. The predicted octanol–water partition coefficient (Wildman–Crippen LogP) is 1.58. The van der Waals surface area contributed by atoms with Crippen LogP contribution in [0, 0.1) is 0 Å². The van der Waals surface area contributed by atoms with Crippen molar-refractivity contribution >= 4 is 20.6 Å². The van der Waals surface area contributed by atoms with Crippen molar-refractivity contribution in [2.75, 3.05) is 13.3 Å². The number of rotatable bonds is 6. The molecule has 1 aromatic rings. The molecule has 6 heteroatoms. The molecule has 3 unspecified atom stereocenters. The summed E-state index contributed by atoms with van der Waals surface area (Å²) in [5.74, 6) is 0. The van der Waals surface area contributed by atoms with Gasteiger partial charge in [0.25, 0.3) is 0 Å². The van der Waals surface area contributed by atoms with Crippen molar-refractivity contribution < 1.29 is 12.6 Å². The molecule has 3 atom stereocenters. The Morgan fingerprint density at radius 3 is 2.16 bits per heavy atom.